The number of rotatable bonds is 3. The number of carbonyl (C=O) groups excluding carboxylic acids is 1. The Hall–Kier alpha value is -1.36. The van der Waals surface area contributed by atoms with Gasteiger partial charge in [-0.05, 0) is 25.2 Å². The highest BCUT2D eigenvalue weighted by atomic mass is 16.2. The molecule has 0 spiro atoms. The van der Waals surface area contributed by atoms with Gasteiger partial charge < -0.3 is 4.90 Å². The zero-order valence-electron chi connectivity index (χ0n) is 13.4. The lowest BCUT2D eigenvalue weighted by Crippen LogP contribution is -2.35. The number of hydrogen-bond acceptors (Lipinski definition) is 3. The standard InChI is InChI=1S/C16H26N4O/c1-18(2)16(21)15-13-8-9-20(10-12-6-4-5-7-12)11-14(13)19(3)17-15/h12H,4-11H2,1-3H3. The van der Waals surface area contributed by atoms with Crippen LogP contribution in [0.3, 0.4) is 0 Å². The van der Waals surface area contributed by atoms with Crippen LogP contribution in [0.4, 0.5) is 0 Å². The summed E-state index contributed by atoms with van der Waals surface area (Å²) in [5.74, 6) is 0.902. The van der Waals surface area contributed by atoms with E-state index in [1.807, 2.05) is 11.7 Å². The van der Waals surface area contributed by atoms with Gasteiger partial charge in [-0.15, -0.1) is 0 Å². The lowest BCUT2D eigenvalue weighted by molar-refractivity contribution is 0.0819. The van der Waals surface area contributed by atoms with E-state index < -0.39 is 0 Å². The third-order valence-corrected chi connectivity index (χ3v) is 4.93. The van der Waals surface area contributed by atoms with E-state index in [2.05, 4.69) is 10.00 Å². The molecule has 21 heavy (non-hydrogen) atoms. The van der Waals surface area contributed by atoms with Gasteiger partial charge in [0.1, 0.15) is 0 Å². The van der Waals surface area contributed by atoms with E-state index in [-0.39, 0.29) is 5.91 Å². The van der Waals surface area contributed by atoms with Gasteiger partial charge in [0.2, 0.25) is 0 Å². The van der Waals surface area contributed by atoms with Gasteiger partial charge in [-0.2, -0.15) is 5.10 Å². The summed E-state index contributed by atoms with van der Waals surface area (Å²) in [5.41, 5.74) is 3.04. The van der Waals surface area contributed by atoms with Gasteiger partial charge in [-0.3, -0.25) is 14.4 Å². The molecule has 1 aliphatic carbocycles. The molecule has 1 amide bonds. The van der Waals surface area contributed by atoms with Gasteiger partial charge in [0.05, 0.1) is 5.69 Å². The Morgan fingerprint density at radius 2 is 2.05 bits per heavy atom. The number of hydrogen-bond donors (Lipinski definition) is 0. The maximum Gasteiger partial charge on any atom is 0.274 e. The largest absolute Gasteiger partial charge is 0.343 e. The third-order valence-electron chi connectivity index (χ3n) is 4.93. The van der Waals surface area contributed by atoms with Gasteiger partial charge >= 0.3 is 0 Å². The zero-order valence-corrected chi connectivity index (χ0v) is 13.4. The molecule has 5 nitrogen and oxygen atoms in total. The second-order valence-electron chi connectivity index (χ2n) is 6.73. The van der Waals surface area contributed by atoms with Crippen molar-refractivity contribution in [3.8, 4) is 0 Å². The average Bonchev–Trinajstić information content (AvgIpc) is 3.07. The molecule has 2 heterocycles. The molecule has 116 valence electrons. The number of nitrogens with zero attached hydrogens (tertiary/aromatic N) is 4. The molecule has 0 aromatic carbocycles. The number of aromatic nitrogens is 2. The molecule has 0 radical (unpaired) electrons. The third kappa shape index (κ3) is 2.84. The predicted molar refractivity (Wildman–Crippen MR) is 82.2 cm³/mol. The summed E-state index contributed by atoms with van der Waals surface area (Å²) in [4.78, 5) is 16.4. The Labute approximate surface area is 126 Å². The van der Waals surface area contributed by atoms with E-state index in [4.69, 9.17) is 0 Å². The smallest absolute Gasteiger partial charge is 0.274 e. The first-order valence-electron chi connectivity index (χ1n) is 8.05. The topological polar surface area (TPSA) is 41.4 Å². The van der Waals surface area contributed by atoms with Crippen molar-refractivity contribution >= 4 is 5.91 Å². The maximum atomic E-state index is 12.2. The Morgan fingerprint density at radius 1 is 1.33 bits per heavy atom. The molecule has 1 fully saturated rings. The van der Waals surface area contributed by atoms with Crippen molar-refractivity contribution in [1.82, 2.24) is 19.6 Å². The van der Waals surface area contributed by atoms with E-state index in [9.17, 15) is 4.79 Å². The lowest BCUT2D eigenvalue weighted by Gasteiger charge is -2.29. The molecule has 0 atom stereocenters. The first-order valence-corrected chi connectivity index (χ1v) is 8.05. The molecule has 5 heteroatoms. The van der Waals surface area contributed by atoms with Gasteiger partial charge in [0, 0.05) is 46.3 Å². The number of carbonyl (C=O) groups is 1. The fourth-order valence-electron chi connectivity index (χ4n) is 3.72. The van der Waals surface area contributed by atoms with E-state index in [1.54, 1.807) is 19.0 Å². The highest BCUT2D eigenvalue weighted by Crippen LogP contribution is 2.28. The van der Waals surface area contributed by atoms with Gasteiger partial charge in [0.25, 0.3) is 5.91 Å². The monoisotopic (exact) mass is 290 g/mol. The van der Waals surface area contributed by atoms with Crippen LogP contribution in [0, 0.1) is 5.92 Å². The van der Waals surface area contributed by atoms with Crippen molar-refractivity contribution in [2.24, 2.45) is 13.0 Å². The fourth-order valence-corrected chi connectivity index (χ4v) is 3.72. The van der Waals surface area contributed by atoms with Gasteiger partial charge in [0.15, 0.2) is 5.69 Å². The summed E-state index contributed by atoms with van der Waals surface area (Å²) in [6.07, 6.45) is 6.52. The minimum absolute atomic E-state index is 0.0242. The van der Waals surface area contributed by atoms with Crippen molar-refractivity contribution < 1.29 is 4.79 Å². The van der Waals surface area contributed by atoms with E-state index in [0.717, 1.165) is 25.4 Å². The van der Waals surface area contributed by atoms with E-state index in [1.165, 1.54) is 43.5 Å². The second kappa shape index (κ2) is 5.79. The highest BCUT2D eigenvalue weighted by Gasteiger charge is 2.29. The predicted octanol–water partition coefficient (Wildman–Crippen LogP) is 1.67. The van der Waals surface area contributed by atoms with Gasteiger partial charge in [-0.1, -0.05) is 12.8 Å². The van der Waals surface area contributed by atoms with Crippen molar-refractivity contribution in [3.63, 3.8) is 0 Å². The van der Waals surface area contributed by atoms with E-state index >= 15 is 0 Å². The minimum atomic E-state index is 0.0242. The van der Waals surface area contributed by atoms with Crippen LogP contribution in [0.2, 0.25) is 0 Å². The molecule has 2 aliphatic rings. The zero-order chi connectivity index (χ0) is 15.0. The van der Waals surface area contributed by atoms with Crippen molar-refractivity contribution in [3.05, 3.63) is 17.0 Å². The maximum absolute atomic E-state index is 12.2. The molecule has 1 aromatic rings. The second-order valence-corrected chi connectivity index (χ2v) is 6.73. The molecule has 1 aliphatic heterocycles. The van der Waals surface area contributed by atoms with Crippen LogP contribution in [0.25, 0.3) is 0 Å². The van der Waals surface area contributed by atoms with Crippen molar-refractivity contribution in [2.75, 3.05) is 27.2 Å². The Kier molecular flexibility index (Phi) is 4.02. The Morgan fingerprint density at radius 3 is 2.71 bits per heavy atom. The van der Waals surface area contributed by atoms with Crippen LogP contribution < -0.4 is 0 Å². The summed E-state index contributed by atoms with van der Waals surface area (Å²) in [7, 11) is 5.54. The molecule has 1 aromatic heterocycles. The molecule has 0 saturated heterocycles. The minimum Gasteiger partial charge on any atom is -0.343 e. The van der Waals surface area contributed by atoms with Crippen LogP contribution in [0.15, 0.2) is 0 Å². The number of aryl methyl sites for hydroxylation is 1. The van der Waals surface area contributed by atoms with Crippen LogP contribution >= 0.6 is 0 Å². The van der Waals surface area contributed by atoms with E-state index in [0.29, 0.717) is 5.69 Å². The van der Waals surface area contributed by atoms with Crippen molar-refractivity contribution in [1.29, 1.82) is 0 Å². The average molecular weight is 290 g/mol. The van der Waals surface area contributed by atoms with Crippen LogP contribution in [-0.2, 0) is 20.0 Å². The normalized spacial score (nSPS) is 19.8. The number of amides is 1. The quantitative estimate of drug-likeness (QED) is 0.850. The van der Waals surface area contributed by atoms with Crippen LogP contribution in [0.5, 0.6) is 0 Å². The summed E-state index contributed by atoms with van der Waals surface area (Å²) in [6, 6.07) is 0. The molecular weight excluding hydrogens is 264 g/mol. The van der Waals surface area contributed by atoms with Crippen LogP contribution in [0.1, 0.15) is 47.4 Å². The van der Waals surface area contributed by atoms with Crippen LogP contribution in [-0.4, -0.2) is 52.7 Å². The summed E-state index contributed by atoms with van der Waals surface area (Å²) in [5, 5.41) is 4.48. The molecule has 0 unspecified atom stereocenters. The first kappa shape index (κ1) is 14.6. The lowest BCUT2D eigenvalue weighted by atomic mass is 10.0. The molecular formula is C16H26N4O. The Balaban J connectivity index is 1.75. The van der Waals surface area contributed by atoms with Crippen molar-refractivity contribution in [2.45, 2.75) is 38.6 Å². The first-order chi connectivity index (χ1) is 10.1. The summed E-state index contributed by atoms with van der Waals surface area (Å²) in [6.45, 7) is 3.21. The molecule has 1 saturated carbocycles. The molecule has 0 N–H and O–H groups in total. The SMILES string of the molecule is CN(C)C(=O)c1nn(C)c2c1CCN(CC1CCCC1)C2. The van der Waals surface area contributed by atoms with Gasteiger partial charge in [-0.25, -0.2) is 0 Å². The molecule has 0 bridgehead atoms. The molecule has 3 rings (SSSR count). The Bertz CT molecular complexity index is 529. The summed E-state index contributed by atoms with van der Waals surface area (Å²) < 4.78 is 1.91. The number of fused-ring (bicyclic) bond motifs is 1. The highest BCUT2D eigenvalue weighted by molar-refractivity contribution is 5.93. The fraction of sp³-hybridized carbons (Fsp3) is 0.750. The summed E-state index contributed by atoms with van der Waals surface area (Å²) >= 11 is 0.